The van der Waals surface area contributed by atoms with Crippen LogP contribution in [0.15, 0.2) is 30.3 Å². The smallest absolute Gasteiger partial charge is 0.264 e. The van der Waals surface area contributed by atoms with Crippen molar-refractivity contribution < 1.29 is 4.79 Å². The molecule has 136 valence electrons. The van der Waals surface area contributed by atoms with Crippen molar-refractivity contribution in [2.75, 3.05) is 26.7 Å². The molecule has 2 aromatic heterocycles. The lowest BCUT2D eigenvalue weighted by molar-refractivity contribution is 0.0792. The molecule has 0 bridgehead atoms. The summed E-state index contributed by atoms with van der Waals surface area (Å²) in [5, 5.41) is 9.49. The first-order valence-electron chi connectivity index (χ1n) is 8.76. The maximum atomic E-state index is 13.0. The van der Waals surface area contributed by atoms with Crippen molar-refractivity contribution in [3.05, 3.63) is 45.9 Å². The van der Waals surface area contributed by atoms with Crippen LogP contribution in [0.4, 0.5) is 0 Å². The van der Waals surface area contributed by atoms with Crippen molar-refractivity contribution in [1.29, 1.82) is 0 Å². The highest BCUT2D eigenvalue weighted by Gasteiger charge is 2.28. The van der Waals surface area contributed by atoms with Crippen LogP contribution >= 0.6 is 22.9 Å². The second kappa shape index (κ2) is 7.02. The van der Waals surface area contributed by atoms with Crippen LogP contribution in [-0.2, 0) is 0 Å². The van der Waals surface area contributed by atoms with Crippen molar-refractivity contribution in [1.82, 2.24) is 20.0 Å². The molecule has 1 aliphatic heterocycles. The molecule has 1 saturated heterocycles. The fraction of sp³-hybridized carbons (Fsp3) is 0.368. The standard InChI is InChI=1S/C19H21ClN4OS/c1-12-14-9-17(18(25)23-8-7-13(11-23)10-21-2)26-19(14)24(22-12)16-6-4-3-5-15(16)20/h3-6,9,13,21H,7-8,10-11H2,1-2H3. The van der Waals surface area contributed by atoms with Gasteiger partial charge in [-0.25, -0.2) is 4.68 Å². The van der Waals surface area contributed by atoms with E-state index in [0.717, 1.165) is 52.5 Å². The van der Waals surface area contributed by atoms with Crippen molar-refractivity contribution >= 4 is 39.1 Å². The summed E-state index contributed by atoms with van der Waals surface area (Å²) >= 11 is 7.84. The summed E-state index contributed by atoms with van der Waals surface area (Å²) in [5.41, 5.74) is 1.74. The van der Waals surface area contributed by atoms with Gasteiger partial charge in [0.25, 0.3) is 5.91 Å². The van der Waals surface area contributed by atoms with Gasteiger partial charge >= 0.3 is 0 Å². The van der Waals surface area contributed by atoms with Gasteiger partial charge in [-0.3, -0.25) is 4.79 Å². The molecular formula is C19H21ClN4OS. The first-order valence-corrected chi connectivity index (χ1v) is 9.96. The zero-order valence-electron chi connectivity index (χ0n) is 14.8. The second-order valence-electron chi connectivity index (χ2n) is 6.74. The van der Waals surface area contributed by atoms with Gasteiger partial charge in [0, 0.05) is 18.5 Å². The maximum absolute atomic E-state index is 13.0. The summed E-state index contributed by atoms with van der Waals surface area (Å²) < 4.78 is 1.85. The number of thiophene rings is 1. The van der Waals surface area contributed by atoms with E-state index in [1.165, 1.54) is 11.3 Å². The fourth-order valence-corrected chi connectivity index (χ4v) is 4.93. The number of nitrogens with zero attached hydrogens (tertiary/aromatic N) is 3. The Morgan fingerprint density at radius 3 is 3.00 bits per heavy atom. The topological polar surface area (TPSA) is 50.2 Å². The fourth-order valence-electron chi connectivity index (χ4n) is 3.57. The molecule has 26 heavy (non-hydrogen) atoms. The third kappa shape index (κ3) is 3.02. The van der Waals surface area contributed by atoms with Gasteiger partial charge in [-0.05, 0) is 51.1 Å². The van der Waals surface area contributed by atoms with Crippen LogP contribution in [0.2, 0.25) is 5.02 Å². The Bertz CT molecular complexity index is 964. The molecule has 0 spiro atoms. The average molecular weight is 389 g/mol. The van der Waals surface area contributed by atoms with Gasteiger partial charge in [0.15, 0.2) is 0 Å². The van der Waals surface area contributed by atoms with Gasteiger partial charge < -0.3 is 10.2 Å². The third-order valence-corrected chi connectivity index (χ3v) is 6.32. The van der Waals surface area contributed by atoms with Gasteiger partial charge in [-0.2, -0.15) is 5.10 Å². The van der Waals surface area contributed by atoms with Crippen LogP contribution in [0.5, 0.6) is 0 Å². The number of fused-ring (bicyclic) bond motifs is 1. The molecule has 3 aromatic rings. The molecule has 7 heteroatoms. The molecule has 1 aliphatic rings. The number of rotatable bonds is 4. The van der Waals surface area contributed by atoms with Gasteiger partial charge in [0.2, 0.25) is 0 Å². The molecule has 1 N–H and O–H groups in total. The summed E-state index contributed by atoms with van der Waals surface area (Å²) in [6.45, 7) is 4.57. The zero-order valence-corrected chi connectivity index (χ0v) is 16.4. The van der Waals surface area contributed by atoms with Crippen LogP contribution in [0.3, 0.4) is 0 Å². The lowest BCUT2D eigenvalue weighted by Crippen LogP contribution is -2.29. The highest BCUT2D eigenvalue weighted by Crippen LogP contribution is 2.33. The molecule has 3 heterocycles. The van der Waals surface area contributed by atoms with Crippen LogP contribution < -0.4 is 5.32 Å². The molecule has 1 amide bonds. The molecular weight excluding hydrogens is 368 g/mol. The molecule has 4 rings (SSSR count). The number of amides is 1. The van der Waals surface area contributed by atoms with E-state index >= 15 is 0 Å². The Hall–Kier alpha value is -1.89. The molecule has 1 unspecified atom stereocenters. The normalized spacial score (nSPS) is 17.3. The molecule has 1 aromatic carbocycles. The number of carbonyl (C=O) groups excluding carboxylic acids is 1. The predicted octanol–water partition coefficient (Wildman–Crippen LogP) is 3.73. The minimum Gasteiger partial charge on any atom is -0.338 e. The molecule has 0 saturated carbocycles. The maximum Gasteiger partial charge on any atom is 0.264 e. The number of nitrogens with one attached hydrogen (secondary N) is 1. The number of hydrogen-bond donors (Lipinski definition) is 1. The average Bonchev–Trinajstić information content (AvgIpc) is 3.32. The SMILES string of the molecule is CNCC1CCN(C(=O)c2cc3c(C)nn(-c4ccccc4Cl)c3s2)C1. The number of carbonyl (C=O) groups is 1. The lowest BCUT2D eigenvalue weighted by atomic mass is 10.1. The van der Waals surface area contributed by atoms with E-state index in [2.05, 4.69) is 10.4 Å². The number of para-hydroxylation sites is 1. The van der Waals surface area contributed by atoms with Gasteiger partial charge in [0.05, 0.1) is 21.3 Å². The first kappa shape index (κ1) is 17.5. The van der Waals surface area contributed by atoms with E-state index in [1.807, 2.05) is 53.9 Å². The lowest BCUT2D eigenvalue weighted by Gasteiger charge is -2.15. The van der Waals surface area contributed by atoms with E-state index < -0.39 is 0 Å². The Balaban J connectivity index is 1.67. The molecule has 0 aliphatic carbocycles. The highest BCUT2D eigenvalue weighted by atomic mass is 35.5. The Kier molecular flexibility index (Phi) is 4.73. The van der Waals surface area contributed by atoms with Gasteiger partial charge in [0.1, 0.15) is 4.83 Å². The molecule has 0 radical (unpaired) electrons. The predicted molar refractivity (Wildman–Crippen MR) is 107 cm³/mol. The molecule has 1 atom stereocenters. The van der Waals surface area contributed by atoms with Crippen LogP contribution in [0.25, 0.3) is 15.9 Å². The number of aryl methyl sites for hydroxylation is 1. The van der Waals surface area contributed by atoms with Crippen LogP contribution in [0, 0.1) is 12.8 Å². The summed E-state index contributed by atoms with van der Waals surface area (Å²) in [6, 6.07) is 9.61. The first-order chi connectivity index (χ1) is 12.6. The Morgan fingerprint density at radius 2 is 2.23 bits per heavy atom. The number of likely N-dealkylation sites (tertiary alicyclic amines) is 1. The van der Waals surface area contributed by atoms with E-state index in [9.17, 15) is 4.79 Å². The van der Waals surface area contributed by atoms with E-state index in [0.29, 0.717) is 10.9 Å². The summed E-state index contributed by atoms with van der Waals surface area (Å²) in [6.07, 6.45) is 1.06. The van der Waals surface area contributed by atoms with Crippen LogP contribution in [-0.4, -0.2) is 47.3 Å². The van der Waals surface area contributed by atoms with Crippen LogP contribution in [0.1, 0.15) is 21.8 Å². The number of halogens is 1. The molecule has 5 nitrogen and oxygen atoms in total. The van der Waals surface area contributed by atoms with Crippen molar-refractivity contribution in [2.24, 2.45) is 5.92 Å². The Labute approximate surface area is 161 Å². The van der Waals surface area contributed by atoms with Crippen molar-refractivity contribution in [3.63, 3.8) is 0 Å². The monoisotopic (exact) mass is 388 g/mol. The minimum absolute atomic E-state index is 0.120. The quantitative estimate of drug-likeness (QED) is 0.740. The highest BCUT2D eigenvalue weighted by molar-refractivity contribution is 7.20. The van der Waals surface area contributed by atoms with E-state index in [-0.39, 0.29) is 5.91 Å². The molecule has 1 fully saturated rings. The summed E-state index contributed by atoms with van der Waals surface area (Å²) in [4.78, 5) is 16.7. The largest absolute Gasteiger partial charge is 0.338 e. The number of hydrogen-bond acceptors (Lipinski definition) is 4. The van der Waals surface area contributed by atoms with E-state index in [1.54, 1.807) is 0 Å². The van der Waals surface area contributed by atoms with Gasteiger partial charge in [-0.15, -0.1) is 11.3 Å². The minimum atomic E-state index is 0.120. The summed E-state index contributed by atoms with van der Waals surface area (Å²) in [5.74, 6) is 0.661. The number of aromatic nitrogens is 2. The third-order valence-electron chi connectivity index (χ3n) is 4.90. The second-order valence-corrected chi connectivity index (χ2v) is 8.18. The van der Waals surface area contributed by atoms with E-state index in [4.69, 9.17) is 11.6 Å². The van der Waals surface area contributed by atoms with Crippen molar-refractivity contribution in [2.45, 2.75) is 13.3 Å². The number of benzene rings is 1. The zero-order chi connectivity index (χ0) is 18.3. The summed E-state index contributed by atoms with van der Waals surface area (Å²) in [7, 11) is 1.96. The van der Waals surface area contributed by atoms with Gasteiger partial charge in [-0.1, -0.05) is 23.7 Å². The Morgan fingerprint density at radius 1 is 1.42 bits per heavy atom. The van der Waals surface area contributed by atoms with Crippen molar-refractivity contribution in [3.8, 4) is 5.69 Å².